The summed E-state index contributed by atoms with van der Waals surface area (Å²) in [6.45, 7) is 1.16. The summed E-state index contributed by atoms with van der Waals surface area (Å²) >= 11 is 1.71. The van der Waals surface area contributed by atoms with Gasteiger partial charge in [0.1, 0.15) is 6.10 Å². The maximum atomic E-state index is 9.55. The molecule has 0 bridgehead atoms. The maximum Gasteiger partial charge on any atom is 0.328 e. The topological polar surface area (TPSA) is 114 Å². The van der Waals surface area contributed by atoms with E-state index in [4.69, 9.17) is 24.4 Å². The Hall–Kier alpha value is -3.04. The average molecular weight is 407 g/mol. The summed E-state index contributed by atoms with van der Waals surface area (Å²) in [6.07, 6.45) is 2.05. The third kappa shape index (κ3) is 6.60. The number of ether oxygens (including phenoxy) is 3. The third-order valence-electron chi connectivity index (χ3n) is 3.52. The zero-order chi connectivity index (χ0) is 20.4. The van der Waals surface area contributed by atoms with Gasteiger partial charge in [0.25, 0.3) is 0 Å². The first kappa shape index (κ1) is 21.3. The first-order chi connectivity index (χ1) is 13.5. The van der Waals surface area contributed by atoms with Crippen LogP contribution in [0.15, 0.2) is 47.9 Å². The molecule has 0 saturated carbocycles. The highest BCUT2D eigenvalue weighted by Crippen LogP contribution is 2.42. The largest absolute Gasteiger partial charge is 0.481 e. The molecular weight excluding hydrogens is 386 g/mol. The fourth-order valence-corrected chi connectivity index (χ4v) is 3.09. The zero-order valence-electron chi connectivity index (χ0n) is 15.2. The van der Waals surface area contributed by atoms with Crippen molar-refractivity contribution in [1.29, 1.82) is 0 Å². The summed E-state index contributed by atoms with van der Waals surface area (Å²) in [5.74, 6) is -0.311. The number of hydrogen-bond donors (Lipinski definition) is 3. The number of aliphatic carboxylic acids is 2. The van der Waals surface area contributed by atoms with Gasteiger partial charge in [-0.3, -0.25) is 0 Å². The van der Waals surface area contributed by atoms with Crippen LogP contribution in [0.1, 0.15) is 17.4 Å². The Morgan fingerprint density at radius 1 is 1.21 bits per heavy atom. The van der Waals surface area contributed by atoms with E-state index in [2.05, 4.69) is 16.8 Å². The molecule has 1 aliphatic rings. The standard InChI is InChI=1S/C15H17NO3S.C4H4O4/c1-16-8-7-11(14-6-3-9-20-14)19-13-5-2-4-12-15(13)18-10-17-12;5-3(6)1-2-4(7)8/h2-6,9,11,16H,7-8,10H2,1H3;1-2H,(H,5,6)(H,7,8)/b;2-1-/t11-;/m1./s1. The minimum Gasteiger partial charge on any atom is -0.481 e. The first-order valence-electron chi connectivity index (χ1n) is 8.38. The Labute approximate surface area is 166 Å². The van der Waals surface area contributed by atoms with Crippen LogP contribution in [0, 0.1) is 0 Å². The normalized spacial score (nSPS) is 12.9. The second-order valence-corrected chi connectivity index (χ2v) is 6.49. The summed E-state index contributed by atoms with van der Waals surface area (Å²) in [5, 5.41) is 20.9. The molecule has 0 spiro atoms. The van der Waals surface area contributed by atoms with Crippen LogP contribution in [0.5, 0.6) is 17.2 Å². The van der Waals surface area contributed by atoms with Crippen LogP contribution in [0.25, 0.3) is 0 Å². The highest BCUT2D eigenvalue weighted by molar-refractivity contribution is 7.10. The summed E-state index contributed by atoms with van der Waals surface area (Å²) < 4.78 is 17.0. The van der Waals surface area contributed by atoms with Crippen molar-refractivity contribution in [2.24, 2.45) is 0 Å². The van der Waals surface area contributed by atoms with Crippen molar-refractivity contribution >= 4 is 23.3 Å². The Bertz CT molecular complexity index is 789. The first-order valence-corrected chi connectivity index (χ1v) is 9.26. The smallest absolute Gasteiger partial charge is 0.328 e. The van der Waals surface area contributed by atoms with Crippen LogP contribution in [0.3, 0.4) is 0 Å². The van der Waals surface area contributed by atoms with E-state index in [9.17, 15) is 9.59 Å². The second-order valence-electron chi connectivity index (χ2n) is 5.51. The van der Waals surface area contributed by atoms with E-state index in [1.807, 2.05) is 31.3 Å². The lowest BCUT2D eigenvalue weighted by Crippen LogP contribution is -2.15. The molecule has 28 heavy (non-hydrogen) atoms. The summed E-state index contributed by atoms with van der Waals surface area (Å²) in [7, 11) is 1.95. The lowest BCUT2D eigenvalue weighted by Gasteiger charge is -2.18. The van der Waals surface area contributed by atoms with Gasteiger partial charge in [0.05, 0.1) is 0 Å². The Kier molecular flexibility index (Phi) is 8.32. The molecule has 3 rings (SSSR count). The predicted molar refractivity (Wildman–Crippen MR) is 103 cm³/mol. The molecule has 1 atom stereocenters. The molecule has 0 radical (unpaired) electrons. The number of carboxylic acid groups (broad SMARTS) is 2. The molecule has 0 saturated heterocycles. The third-order valence-corrected chi connectivity index (χ3v) is 4.48. The van der Waals surface area contributed by atoms with Crippen LogP contribution >= 0.6 is 11.3 Å². The maximum absolute atomic E-state index is 9.55. The van der Waals surface area contributed by atoms with Gasteiger partial charge in [0.2, 0.25) is 12.5 Å². The molecule has 0 unspecified atom stereocenters. The fourth-order valence-electron chi connectivity index (χ4n) is 2.30. The fraction of sp³-hybridized carbons (Fsp3) is 0.263. The van der Waals surface area contributed by atoms with Gasteiger partial charge in [-0.15, -0.1) is 11.3 Å². The SMILES string of the molecule is CNCC[C@@H](Oc1cccc2c1OCO2)c1cccs1.O=C(O)/C=C\C(=O)O. The summed E-state index contributed by atoms with van der Waals surface area (Å²) in [6, 6.07) is 9.89. The van der Waals surface area contributed by atoms with Gasteiger partial charge in [-0.05, 0) is 37.2 Å². The van der Waals surface area contributed by atoms with Crippen LogP contribution < -0.4 is 19.5 Å². The molecule has 8 nitrogen and oxygen atoms in total. The van der Waals surface area contributed by atoms with Gasteiger partial charge in [0, 0.05) is 23.5 Å². The number of hydrogen-bond acceptors (Lipinski definition) is 7. The van der Waals surface area contributed by atoms with Gasteiger partial charge in [0.15, 0.2) is 11.5 Å². The van der Waals surface area contributed by atoms with Crippen LogP contribution in [0.4, 0.5) is 0 Å². The Balaban J connectivity index is 0.000000300. The van der Waals surface area contributed by atoms with Crippen molar-refractivity contribution in [2.75, 3.05) is 20.4 Å². The number of rotatable bonds is 8. The molecule has 0 aliphatic carbocycles. The van der Waals surface area contributed by atoms with Crippen molar-refractivity contribution in [3.63, 3.8) is 0 Å². The quantitative estimate of drug-likeness (QED) is 0.572. The molecule has 2 aromatic rings. The Morgan fingerprint density at radius 3 is 2.57 bits per heavy atom. The van der Waals surface area contributed by atoms with E-state index >= 15 is 0 Å². The van der Waals surface area contributed by atoms with Crippen LogP contribution in [-0.4, -0.2) is 42.5 Å². The minimum absolute atomic E-state index is 0.0261. The molecule has 150 valence electrons. The molecule has 1 aliphatic heterocycles. The molecule has 0 fully saturated rings. The average Bonchev–Trinajstić information content (AvgIpc) is 3.35. The zero-order valence-corrected chi connectivity index (χ0v) is 16.0. The number of carbonyl (C=O) groups is 2. The number of benzene rings is 1. The highest BCUT2D eigenvalue weighted by atomic mass is 32.1. The summed E-state index contributed by atoms with van der Waals surface area (Å²) in [4.78, 5) is 20.3. The van der Waals surface area contributed by atoms with E-state index in [0.29, 0.717) is 17.9 Å². The van der Waals surface area contributed by atoms with Gasteiger partial charge in [-0.25, -0.2) is 9.59 Å². The van der Waals surface area contributed by atoms with Crippen molar-refractivity contribution in [1.82, 2.24) is 5.32 Å². The lowest BCUT2D eigenvalue weighted by atomic mass is 10.2. The lowest BCUT2D eigenvalue weighted by molar-refractivity contribution is -0.134. The van der Waals surface area contributed by atoms with Crippen molar-refractivity contribution in [2.45, 2.75) is 12.5 Å². The van der Waals surface area contributed by atoms with Gasteiger partial charge >= 0.3 is 11.9 Å². The monoisotopic (exact) mass is 407 g/mol. The number of nitrogens with one attached hydrogen (secondary N) is 1. The molecule has 2 heterocycles. The van der Waals surface area contributed by atoms with E-state index in [0.717, 1.165) is 24.5 Å². The number of thiophene rings is 1. The van der Waals surface area contributed by atoms with E-state index < -0.39 is 11.9 Å². The molecule has 0 amide bonds. The van der Waals surface area contributed by atoms with Crippen LogP contribution in [0.2, 0.25) is 0 Å². The van der Waals surface area contributed by atoms with E-state index in [-0.39, 0.29) is 12.9 Å². The van der Waals surface area contributed by atoms with E-state index in [1.165, 1.54) is 4.88 Å². The number of carboxylic acids is 2. The van der Waals surface area contributed by atoms with Crippen LogP contribution in [-0.2, 0) is 9.59 Å². The van der Waals surface area contributed by atoms with E-state index in [1.54, 1.807) is 11.3 Å². The van der Waals surface area contributed by atoms with Crippen molar-refractivity contribution in [3.8, 4) is 17.2 Å². The minimum atomic E-state index is -1.26. The predicted octanol–water partition coefficient (Wildman–Crippen LogP) is 2.92. The molecule has 3 N–H and O–H groups in total. The Morgan fingerprint density at radius 2 is 1.96 bits per heavy atom. The van der Waals surface area contributed by atoms with Crippen molar-refractivity contribution in [3.05, 3.63) is 52.7 Å². The molecule has 1 aromatic carbocycles. The van der Waals surface area contributed by atoms with Gasteiger partial charge in [-0.2, -0.15) is 0 Å². The van der Waals surface area contributed by atoms with Gasteiger partial charge < -0.3 is 29.7 Å². The molecule has 1 aromatic heterocycles. The van der Waals surface area contributed by atoms with Gasteiger partial charge in [-0.1, -0.05) is 12.1 Å². The summed E-state index contributed by atoms with van der Waals surface area (Å²) in [5.41, 5.74) is 0. The van der Waals surface area contributed by atoms with Crippen molar-refractivity contribution < 1.29 is 34.0 Å². The number of fused-ring (bicyclic) bond motifs is 1. The molecule has 9 heteroatoms. The highest BCUT2D eigenvalue weighted by Gasteiger charge is 2.22. The second kappa shape index (κ2) is 11.0. The number of para-hydroxylation sites is 1. The molecular formula is C19H21NO7S.